The minimum Gasteiger partial charge on any atom is -0.331 e. The van der Waals surface area contributed by atoms with Crippen molar-refractivity contribution in [2.75, 3.05) is 0 Å². The van der Waals surface area contributed by atoms with E-state index in [1.165, 1.54) is 12.1 Å². The van der Waals surface area contributed by atoms with Crippen molar-refractivity contribution in [3.8, 4) is 0 Å². The molecule has 1 N–H and O–H groups in total. The molecule has 0 fully saturated rings. The fraction of sp³-hybridized carbons (Fsp3) is 0.133. The van der Waals surface area contributed by atoms with Gasteiger partial charge in [0.1, 0.15) is 11.6 Å². The van der Waals surface area contributed by atoms with Gasteiger partial charge in [-0.3, -0.25) is 0 Å². The second kappa shape index (κ2) is 5.58. The van der Waals surface area contributed by atoms with Gasteiger partial charge >= 0.3 is 0 Å². The Morgan fingerprint density at radius 3 is 2.52 bits per heavy atom. The third-order valence-corrected chi connectivity index (χ3v) is 3.84. The molecule has 0 aliphatic carbocycles. The third kappa shape index (κ3) is 2.99. The van der Waals surface area contributed by atoms with Gasteiger partial charge < -0.3 is 9.55 Å². The first-order chi connectivity index (χ1) is 10.0. The molecule has 2 nitrogen and oxygen atoms in total. The van der Waals surface area contributed by atoms with E-state index >= 15 is 0 Å². The highest BCUT2D eigenvalue weighted by atomic mass is 35.5. The predicted molar refractivity (Wildman–Crippen MR) is 82.2 cm³/mol. The van der Waals surface area contributed by atoms with Gasteiger partial charge in [-0.2, -0.15) is 0 Å². The van der Waals surface area contributed by atoms with Crippen LogP contribution in [0.15, 0.2) is 36.4 Å². The summed E-state index contributed by atoms with van der Waals surface area (Å²) in [4.78, 5) is 3.07. The van der Waals surface area contributed by atoms with E-state index in [2.05, 4.69) is 4.98 Å². The third-order valence-electron chi connectivity index (χ3n) is 3.28. The van der Waals surface area contributed by atoms with Crippen LogP contribution in [0, 0.1) is 16.4 Å². The second-order valence-corrected chi connectivity index (χ2v) is 5.59. The minimum atomic E-state index is -0.570. The van der Waals surface area contributed by atoms with Crippen molar-refractivity contribution in [2.45, 2.75) is 13.0 Å². The number of nitrogens with one attached hydrogen (secondary N) is 1. The first-order valence-corrected chi connectivity index (χ1v) is 7.14. The van der Waals surface area contributed by atoms with Crippen LogP contribution in [0.5, 0.6) is 0 Å². The zero-order valence-corrected chi connectivity index (χ0v) is 12.4. The van der Waals surface area contributed by atoms with Crippen molar-refractivity contribution in [1.29, 1.82) is 0 Å². The number of rotatable bonds is 3. The molecule has 1 heterocycles. The summed E-state index contributed by atoms with van der Waals surface area (Å²) in [6.07, 6.45) is 0.485. The molecule has 0 bridgehead atoms. The summed E-state index contributed by atoms with van der Waals surface area (Å²) in [6, 6.07) is 8.98. The first-order valence-electron chi connectivity index (χ1n) is 6.36. The number of aromatic amines is 1. The molecule has 108 valence electrons. The number of halogens is 3. The number of benzene rings is 2. The molecule has 0 spiro atoms. The average molecular weight is 325 g/mol. The number of imidazole rings is 1. The van der Waals surface area contributed by atoms with Gasteiger partial charge in [0.25, 0.3) is 0 Å². The molecule has 6 heteroatoms. The highest BCUT2D eigenvalue weighted by Crippen LogP contribution is 2.20. The molecule has 0 amide bonds. The van der Waals surface area contributed by atoms with Crippen molar-refractivity contribution in [3.63, 3.8) is 0 Å². The molecule has 0 atom stereocenters. The van der Waals surface area contributed by atoms with E-state index in [-0.39, 0.29) is 0 Å². The highest BCUT2D eigenvalue weighted by Gasteiger charge is 2.06. The average Bonchev–Trinajstić information content (AvgIpc) is 2.70. The quantitative estimate of drug-likeness (QED) is 0.681. The molecule has 0 radical (unpaired) electrons. The molecule has 0 unspecified atom stereocenters. The summed E-state index contributed by atoms with van der Waals surface area (Å²) in [5.41, 5.74) is 2.36. The van der Waals surface area contributed by atoms with Gasteiger partial charge in [0.2, 0.25) is 0 Å². The molecular formula is C15H11ClF2N2S. The number of aryl methyl sites for hydroxylation is 2. The van der Waals surface area contributed by atoms with Gasteiger partial charge in [0.15, 0.2) is 4.77 Å². The van der Waals surface area contributed by atoms with E-state index in [1.807, 2.05) is 10.6 Å². The Labute approximate surface area is 130 Å². The number of fused-ring (bicyclic) bond motifs is 1. The monoisotopic (exact) mass is 324 g/mol. The van der Waals surface area contributed by atoms with E-state index in [4.69, 9.17) is 23.8 Å². The zero-order valence-electron chi connectivity index (χ0n) is 10.9. The fourth-order valence-corrected chi connectivity index (χ4v) is 2.83. The predicted octanol–water partition coefficient (Wildman–Crippen LogP) is 4.87. The Bertz CT molecular complexity index is 849. The summed E-state index contributed by atoms with van der Waals surface area (Å²) < 4.78 is 28.8. The smallest absolute Gasteiger partial charge is 0.178 e. The summed E-state index contributed by atoms with van der Waals surface area (Å²) in [7, 11) is 0. The van der Waals surface area contributed by atoms with Crippen LogP contribution in [0.4, 0.5) is 8.78 Å². The van der Waals surface area contributed by atoms with Crippen LogP contribution in [0.1, 0.15) is 5.56 Å². The normalized spacial score (nSPS) is 11.2. The van der Waals surface area contributed by atoms with Crippen molar-refractivity contribution >= 4 is 34.9 Å². The number of nitrogens with zero attached hydrogens (tertiary/aromatic N) is 1. The van der Waals surface area contributed by atoms with Gasteiger partial charge in [0.05, 0.1) is 11.0 Å². The van der Waals surface area contributed by atoms with E-state index < -0.39 is 11.6 Å². The van der Waals surface area contributed by atoms with Gasteiger partial charge in [-0.25, -0.2) is 8.78 Å². The van der Waals surface area contributed by atoms with E-state index in [1.54, 1.807) is 12.1 Å². The highest BCUT2D eigenvalue weighted by molar-refractivity contribution is 7.71. The lowest BCUT2D eigenvalue weighted by atomic mass is 10.1. The molecule has 0 aliphatic rings. The number of H-pyrrole nitrogens is 1. The number of hydrogen-bond acceptors (Lipinski definition) is 1. The first kappa shape index (κ1) is 14.2. The van der Waals surface area contributed by atoms with Crippen molar-refractivity contribution < 1.29 is 8.78 Å². The van der Waals surface area contributed by atoms with Gasteiger partial charge in [0, 0.05) is 17.6 Å². The maximum Gasteiger partial charge on any atom is 0.178 e. The molecule has 0 saturated carbocycles. The summed E-state index contributed by atoms with van der Waals surface area (Å²) in [6.45, 7) is 0.531. The number of aromatic nitrogens is 2. The van der Waals surface area contributed by atoms with Crippen LogP contribution in [0.2, 0.25) is 5.02 Å². The van der Waals surface area contributed by atoms with Crippen LogP contribution < -0.4 is 0 Å². The standard InChI is InChI=1S/C15H11ClF2N2S/c16-10-1-2-14-13(7-10)19-15(21)20(14)4-3-9-5-11(17)8-12(18)6-9/h1-2,5-8H,3-4H2,(H,19,21). The van der Waals surface area contributed by atoms with Gasteiger partial charge in [-0.15, -0.1) is 0 Å². The summed E-state index contributed by atoms with van der Waals surface area (Å²) >= 11 is 11.2. The Kier molecular flexibility index (Phi) is 3.78. The Hall–Kier alpha value is -1.72. The molecule has 0 saturated heterocycles. The van der Waals surface area contributed by atoms with Crippen molar-refractivity contribution in [2.24, 2.45) is 0 Å². The fourth-order valence-electron chi connectivity index (χ4n) is 2.35. The van der Waals surface area contributed by atoms with Gasteiger partial charge in [-0.1, -0.05) is 11.6 Å². The molecule has 2 aromatic carbocycles. The molecule has 21 heavy (non-hydrogen) atoms. The molecule has 3 rings (SSSR count). The second-order valence-electron chi connectivity index (χ2n) is 4.77. The van der Waals surface area contributed by atoms with E-state index in [0.29, 0.717) is 28.3 Å². The van der Waals surface area contributed by atoms with Crippen LogP contribution in [-0.4, -0.2) is 9.55 Å². The molecule has 0 aliphatic heterocycles. The van der Waals surface area contributed by atoms with E-state index in [0.717, 1.165) is 17.1 Å². The summed E-state index contributed by atoms with van der Waals surface area (Å²) in [5.74, 6) is -1.14. The Balaban J connectivity index is 1.91. The van der Waals surface area contributed by atoms with Crippen LogP contribution in [-0.2, 0) is 13.0 Å². The zero-order chi connectivity index (χ0) is 15.0. The lowest BCUT2D eigenvalue weighted by molar-refractivity contribution is 0.577. The summed E-state index contributed by atoms with van der Waals surface area (Å²) in [5, 5.41) is 0.623. The van der Waals surface area contributed by atoms with Gasteiger partial charge in [-0.05, 0) is 54.5 Å². The Morgan fingerprint density at radius 1 is 1.10 bits per heavy atom. The largest absolute Gasteiger partial charge is 0.331 e. The SMILES string of the molecule is Fc1cc(F)cc(CCn2c(=S)[nH]c3cc(Cl)ccc32)c1. The van der Waals surface area contributed by atoms with Crippen LogP contribution >= 0.6 is 23.8 Å². The Morgan fingerprint density at radius 2 is 1.81 bits per heavy atom. The lowest BCUT2D eigenvalue weighted by Crippen LogP contribution is -2.02. The number of hydrogen-bond donors (Lipinski definition) is 1. The molecule has 3 aromatic rings. The molecule has 1 aromatic heterocycles. The van der Waals surface area contributed by atoms with Crippen LogP contribution in [0.25, 0.3) is 11.0 Å². The van der Waals surface area contributed by atoms with E-state index in [9.17, 15) is 8.78 Å². The topological polar surface area (TPSA) is 20.7 Å². The maximum atomic E-state index is 13.2. The minimum absolute atomic E-state index is 0.485. The van der Waals surface area contributed by atoms with Crippen LogP contribution in [0.3, 0.4) is 0 Å². The molecular weight excluding hydrogens is 314 g/mol. The van der Waals surface area contributed by atoms with Crippen molar-refractivity contribution in [3.05, 3.63) is 63.4 Å². The lowest BCUT2D eigenvalue weighted by Gasteiger charge is -2.05. The van der Waals surface area contributed by atoms with Crippen molar-refractivity contribution in [1.82, 2.24) is 9.55 Å². The maximum absolute atomic E-state index is 13.2.